The van der Waals surface area contributed by atoms with Crippen LogP contribution in [0, 0.1) is 5.92 Å². The SMILES string of the molecule is O=C(Cc1nccs1)C1CCNCC1. The fourth-order valence-electron chi connectivity index (χ4n) is 1.78. The number of aromatic nitrogens is 1. The lowest BCUT2D eigenvalue weighted by atomic mass is 9.92. The summed E-state index contributed by atoms with van der Waals surface area (Å²) in [5.41, 5.74) is 0. The number of rotatable bonds is 3. The summed E-state index contributed by atoms with van der Waals surface area (Å²) in [7, 11) is 0. The molecule has 4 heteroatoms. The highest BCUT2D eigenvalue weighted by atomic mass is 32.1. The Morgan fingerprint density at radius 1 is 1.57 bits per heavy atom. The fourth-order valence-corrected chi connectivity index (χ4v) is 2.40. The van der Waals surface area contributed by atoms with Crippen LogP contribution in [0.25, 0.3) is 0 Å². The Kier molecular flexibility index (Phi) is 3.26. The summed E-state index contributed by atoms with van der Waals surface area (Å²) in [6.07, 6.45) is 4.27. The number of thiazole rings is 1. The molecule has 2 rings (SSSR count). The van der Waals surface area contributed by atoms with Crippen molar-refractivity contribution in [2.75, 3.05) is 13.1 Å². The van der Waals surface area contributed by atoms with Crippen LogP contribution in [0.2, 0.25) is 0 Å². The van der Waals surface area contributed by atoms with E-state index in [1.54, 1.807) is 17.5 Å². The van der Waals surface area contributed by atoms with Gasteiger partial charge in [-0.2, -0.15) is 0 Å². The Bertz CT molecular complexity index is 291. The number of piperidine rings is 1. The smallest absolute Gasteiger partial charge is 0.142 e. The fraction of sp³-hybridized carbons (Fsp3) is 0.600. The van der Waals surface area contributed by atoms with Crippen molar-refractivity contribution in [1.29, 1.82) is 0 Å². The third kappa shape index (κ3) is 2.39. The second-order valence-corrected chi connectivity index (χ2v) is 4.57. The van der Waals surface area contributed by atoms with Crippen LogP contribution in [0.5, 0.6) is 0 Å². The summed E-state index contributed by atoms with van der Waals surface area (Å²) in [5, 5.41) is 6.14. The molecule has 1 aromatic rings. The van der Waals surface area contributed by atoms with Gasteiger partial charge < -0.3 is 5.32 Å². The van der Waals surface area contributed by atoms with Gasteiger partial charge in [-0.1, -0.05) is 0 Å². The Balaban J connectivity index is 1.88. The van der Waals surface area contributed by atoms with Gasteiger partial charge in [0.2, 0.25) is 0 Å². The first kappa shape index (κ1) is 9.80. The Labute approximate surface area is 87.6 Å². The summed E-state index contributed by atoms with van der Waals surface area (Å²) in [6.45, 7) is 1.96. The molecule has 3 nitrogen and oxygen atoms in total. The first-order valence-corrected chi connectivity index (χ1v) is 5.86. The molecule has 1 aliphatic heterocycles. The summed E-state index contributed by atoms with van der Waals surface area (Å²) < 4.78 is 0. The number of hydrogen-bond acceptors (Lipinski definition) is 4. The number of hydrogen-bond donors (Lipinski definition) is 1. The van der Waals surface area contributed by atoms with Crippen LogP contribution in [0.4, 0.5) is 0 Å². The van der Waals surface area contributed by atoms with Crippen molar-refractivity contribution in [2.45, 2.75) is 19.3 Å². The Hall–Kier alpha value is -0.740. The van der Waals surface area contributed by atoms with Gasteiger partial charge in [-0.25, -0.2) is 4.98 Å². The maximum absolute atomic E-state index is 11.8. The standard InChI is InChI=1S/C10H14N2OS/c13-9(7-10-12-5-6-14-10)8-1-3-11-4-2-8/h5-6,8,11H,1-4,7H2. The lowest BCUT2D eigenvalue weighted by Crippen LogP contribution is -2.32. The molecule has 1 fully saturated rings. The number of carbonyl (C=O) groups excluding carboxylic acids is 1. The predicted octanol–water partition coefficient (Wildman–Crippen LogP) is 1.25. The number of nitrogens with one attached hydrogen (secondary N) is 1. The van der Waals surface area contributed by atoms with Crippen molar-refractivity contribution in [3.05, 3.63) is 16.6 Å². The zero-order chi connectivity index (χ0) is 9.80. The lowest BCUT2D eigenvalue weighted by molar-refractivity contribution is -0.122. The molecule has 1 aromatic heterocycles. The van der Waals surface area contributed by atoms with Crippen LogP contribution < -0.4 is 5.32 Å². The Morgan fingerprint density at radius 2 is 2.36 bits per heavy atom. The number of carbonyl (C=O) groups is 1. The number of nitrogens with zero attached hydrogens (tertiary/aromatic N) is 1. The highest BCUT2D eigenvalue weighted by molar-refractivity contribution is 7.09. The van der Waals surface area contributed by atoms with Crippen molar-refractivity contribution in [3.8, 4) is 0 Å². The van der Waals surface area contributed by atoms with E-state index in [0.717, 1.165) is 30.9 Å². The zero-order valence-corrected chi connectivity index (χ0v) is 8.85. The van der Waals surface area contributed by atoms with Crippen LogP contribution in [0.1, 0.15) is 17.8 Å². The molecule has 0 radical (unpaired) electrons. The summed E-state index contributed by atoms with van der Waals surface area (Å²) in [4.78, 5) is 15.9. The van der Waals surface area contributed by atoms with E-state index in [2.05, 4.69) is 10.3 Å². The number of ketones is 1. The van der Waals surface area contributed by atoms with Crippen molar-refractivity contribution in [3.63, 3.8) is 0 Å². The Morgan fingerprint density at radius 3 is 3.00 bits per heavy atom. The van der Waals surface area contributed by atoms with Gasteiger partial charge in [-0.05, 0) is 25.9 Å². The van der Waals surface area contributed by atoms with Gasteiger partial charge >= 0.3 is 0 Å². The van der Waals surface area contributed by atoms with Crippen molar-refractivity contribution >= 4 is 17.1 Å². The first-order chi connectivity index (χ1) is 6.86. The van der Waals surface area contributed by atoms with Crippen LogP contribution in [0.3, 0.4) is 0 Å². The van der Waals surface area contributed by atoms with Crippen LogP contribution in [0.15, 0.2) is 11.6 Å². The molecule has 0 bridgehead atoms. The summed E-state index contributed by atoms with van der Waals surface area (Å²) >= 11 is 1.57. The molecule has 2 heterocycles. The van der Waals surface area contributed by atoms with E-state index >= 15 is 0 Å². The van der Waals surface area contributed by atoms with Crippen LogP contribution >= 0.6 is 11.3 Å². The van der Waals surface area contributed by atoms with Gasteiger partial charge in [0.05, 0.1) is 11.4 Å². The van der Waals surface area contributed by atoms with Gasteiger partial charge in [0, 0.05) is 17.5 Å². The van der Waals surface area contributed by atoms with E-state index in [9.17, 15) is 4.79 Å². The quantitative estimate of drug-likeness (QED) is 0.816. The normalized spacial score (nSPS) is 18.3. The van der Waals surface area contributed by atoms with Gasteiger partial charge in [0.15, 0.2) is 0 Å². The molecule has 76 valence electrons. The highest BCUT2D eigenvalue weighted by Crippen LogP contribution is 2.16. The van der Waals surface area contributed by atoms with Gasteiger partial charge in [0.1, 0.15) is 5.78 Å². The molecular formula is C10H14N2OS. The molecule has 0 atom stereocenters. The predicted molar refractivity (Wildman–Crippen MR) is 56.4 cm³/mol. The summed E-state index contributed by atoms with van der Waals surface area (Å²) in [6, 6.07) is 0. The third-order valence-electron chi connectivity index (χ3n) is 2.60. The minimum absolute atomic E-state index is 0.264. The largest absolute Gasteiger partial charge is 0.317 e. The van der Waals surface area contributed by atoms with Crippen LogP contribution in [-0.2, 0) is 11.2 Å². The number of Topliss-reactive ketones (excluding diaryl/α,β-unsaturated/α-hetero) is 1. The van der Waals surface area contributed by atoms with E-state index in [0.29, 0.717) is 12.2 Å². The minimum Gasteiger partial charge on any atom is -0.317 e. The van der Waals surface area contributed by atoms with Crippen molar-refractivity contribution < 1.29 is 4.79 Å². The second kappa shape index (κ2) is 4.66. The maximum atomic E-state index is 11.8. The molecule has 1 aliphatic rings. The second-order valence-electron chi connectivity index (χ2n) is 3.59. The van der Waals surface area contributed by atoms with Crippen molar-refractivity contribution in [2.24, 2.45) is 5.92 Å². The van der Waals surface area contributed by atoms with E-state index in [1.807, 2.05) is 5.38 Å². The molecule has 0 saturated carbocycles. The molecule has 1 saturated heterocycles. The van der Waals surface area contributed by atoms with Crippen LogP contribution in [-0.4, -0.2) is 23.9 Å². The van der Waals surface area contributed by atoms with E-state index in [1.165, 1.54) is 0 Å². The average molecular weight is 210 g/mol. The van der Waals surface area contributed by atoms with E-state index < -0.39 is 0 Å². The molecule has 0 aliphatic carbocycles. The topological polar surface area (TPSA) is 42.0 Å². The van der Waals surface area contributed by atoms with Gasteiger partial charge in [-0.15, -0.1) is 11.3 Å². The first-order valence-electron chi connectivity index (χ1n) is 4.98. The highest BCUT2D eigenvalue weighted by Gasteiger charge is 2.21. The molecule has 0 spiro atoms. The molecular weight excluding hydrogens is 196 g/mol. The minimum atomic E-state index is 0.264. The molecule has 0 amide bonds. The van der Waals surface area contributed by atoms with E-state index in [-0.39, 0.29) is 5.92 Å². The summed E-state index contributed by atoms with van der Waals surface area (Å²) in [5.74, 6) is 0.626. The van der Waals surface area contributed by atoms with Crippen molar-refractivity contribution in [1.82, 2.24) is 10.3 Å². The molecule has 14 heavy (non-hydrogen) atoms. The third-order valence-corrected chi connectivity index (χ3v) is 3.38. The lowest BCUT2D eigenvalue weighted by Gasteiger charge is -2.20. The average Bonchev–Trinajstić information content (AvgIpc) is 2.72. The molecule has 1 N–H and O–H groups in total. The van der Waals surface area contributed by atoms with E-state index in [4.69, 9.17) is 0 Å². The van der Waals surface area contributed by atoms with Gasteiger partial charge in [-0.3, -0.25) is 4.79 Å². The molecule has 0 aromatic carbocycles. The van der Waals surface area contributed by atoms with Gasteiger partial charge in [0.25, 0.3) is 0 Å². The monoisotopic (exact) mass is 210 g/mol. The zero-order valence-electron chi connectivity index (χ0n) is 8.03. The maximum Gasteiger partial charge on any atom is 0.142 e. The molecule has 0 unspecified atom stereocenters.